The molecule has 0 radical (unpaired) electrons. The summed E-state index contributed by atoms with van der Waals surface area (Å²) in [6.07, 6.45) is 9.16. The Morgan fingerprint density at radius 3 is 2.30 bits per heavy atom. The summed E-state index contributed by atoms with van der Waals surface area (Å²) >= 11 is 0. The maximum absolute atomic E-state index is 9.48. The zero-order valence-corrected chi connectivity index (χ0v) is 13.9. The summed E-state index contributed by atoms with van der Waals surface area (Å²) in [5.74, 6) is 1.90. The van der Waals surface area contributed by atoms with E-state index in [9.17, 15) is 5.26 Å². The van der Waals surface area contributed by atoms with Gasteiger partial charge in [0.05, 0.1) is 12.0 Å². The van der Waals surface area contributed by atoms with Crippen LogP contribution in [-0.2, 0) is 0 Å². The van der Waals surface area contributed by atoms with Crippen LogP contribution in [0.3, 0.4) is 0 Å². The molecule has 0 heterocycles. The minimum atomic E-state index is 0.250. The summed E-state index contributed by atoms with van der Waals surface area (Å²) < 4.78 is 0. The van der Waals surface area contributed by atoms with E-state index in [1.807, 2.05) is 0 Å². The molecule has 0 bridgehead atoms. The van der Waals surface area contributed by atoms with Crippen LogP contribution < -0.4 is 0 Å². The van der Waals surface area contributed by atoms with Crippen LogP contribution >= 0.6 is 0 Å². The van der Waals surface area contributed by atoms with Crippen molar-refractivity contribution < 1.29 is 0 Å². The van der Waals surface area contributed by atoms with Crippen molar-refractivity contribution in [2.75, 3.05) is 13.6 Å². The molecule has 20 heavy (non-hydrogen) atoms. The predicted molar refractivity (Wildman–Crippen MR) is 84.3 cm³/mol. The van der Waals surface area contributed by atoms with Gasteiger partial charge < -0.3 is 4.90 Å². The minimum Gasteiger partial charge on any atom is -0.302 e. The highest BCUT2D eigenvalue weighted by Crippen LogP contribution is 2.41. The van der Waals surface area contributed by atoms with E-state index >= 15 is 0 Å². The summed E-state index contributed by atoms with van der Waals surface area (Å²) in [6, 6.07) is 3.07. The van der Waals surface area contributed by atoms with Crippen LogP contribution in [0.4, 0.5) is 0 Å². The molecule has 3 atom stereocenters. The van der Waals surface area contributed by atoms with Crippen molar-refractivity contribution in [3.8, 4) is 6.07 Å². The highest BCUT2D eigenvalue weighted by atomic mass is 15.1. The molecule has 2 fully saturated rings. The lowest BCUT2D eigenvalue weighted by Gasteiger charge is -2.43. The van der Waals surface area contributed by atoms with Crippen molar-refractivity contribution in [3.63, 3.8) is 0 Å². The number of hydrogen-bond acceptors (Lipinski definition) is 2. The van der Waals surface area contributed by atoms with Crippen molar-refractivity contribution in [2.45, 2.75) is 71.8 Å². The van der Waals surface area contributed by atoms with E-state index in [0.29, 0.717) is 11.5 Å². The number of hydrogen-bond donors (Lipinski definition) is 0. The van der Waals surface area contributed by atoms with E-state index in [1.165, 1.54) is 45.1 Å². The van der Waals surface area contributed by atoms with E-state index in [1.54, 1.807) is 0 Å². The molecular formula is C18H32N2. The smallest absolute Gasteiger partial charge is 0.0672 e. The van der Waals surface area contributed by atoms with E-state index in [2.05, 4.69) is 38.8 Å². The van der Waals surface area contributed by atoms with Gasteiger partial charge in [-0.05, 0) is 56.4 Å². The topological polar surface area (TPSA) is 27.0 Å². The second-order valence-electron chi connectivity index (χ2n) is 8.27. The van der Waals surface area contributed by atoms with Crippen LogP contribution in [0.25, 0.3) is 0 Å². The highest BCUT2D eigenvalue weighted by Gasteiger charge is 2.38. The monoisotopic (exact) mass is 276 g/mol. The summed E-state index contributed by atoms with van der Waals surface area (Å²) in [7, 11) is 2.26. The fourth-order valence-electron chi connectivity index (χ4n) is 4.31. The van der Waals surface area contributed by atoms with Gasteiger partial charge in [-0.3, -0.25) is 0 Å². The Hall–Kier alpha value is -0.550. The molecule has 0 spiro atoms. The first kappa shape index (κ1) is 15.8. The largest absolute Gasteiger partial charge is 0.302 e. The Labute approximate surface area is 125 Å². The Morgan fingerprint density at radius 1 is 1.10 bits per heavy atom. The van der Waals surface area contributed by atoms with Crippen molar-refractivity contribution in [1.82, 2.24) is 4.90 Å². The van der Waals surface area contributed by atoms with Gasteiger partial charge in [0.25, 0.3) is 0 Å². The molecule has 0 aromatic carbocycles. The molecule has 0 N–H and O–H groups in total. The van der Waals surface area contributed by atoms with Crippen molar-refractivity contribution in [1.29, 1.82) is 5.26 Å². The summed E-state index contributed by atoms with van der Waals surface area (Å²) in [5.41, 5.74) is 0.382. The Morgan fingerprint density at radius 2 is 1.75 bits per heavy atom. The normalized spacial score (nSPS) is 32.5. The molecule has 0 aliphatic heterocycles. The summed E-state index contributed by atoms with van der Waals surface area (Å²) in [6.45, 7) is 8.29. The minimum absolute atomic E-state index is 0.250. The lowest BCUT2D eigenvalue weighted by molar-refractivity contribution is 0.0671. The molecule has 2 heteroatoms. The summed E-state index contributed by atoms with van der Waals surface area (Å²) in [4.78, 5) is 2.53. The molecular weight excluding hydrogens is 244 g/mol. The van der Waals surface area contributed by atoms with Gasteiger partial charge in [-0.2, -0.15) is 5.26 Å². The molecule has 2 aliphatic rings. The molecule has 114 valence electrons. The maximum atomic E-state index is 9.48. The predicted octanol–water partition coefficient (Wildman–Crippen LogP) is 4.46. The van der Waals surface area contributed by atoms with Gasteiger partial charge in [-0.1, -0.05) is 33.6 Å². The SMILES string of the molecule is CN(CC1CCCC1)C1CC(C(C)(C)C)CCC1C#N. The molecule has 2 aliphatic carbocycles. The van der Waals surface area contributed by atoms with Gasteiger partial charge in [0.1, 0.15) is 0 Å². The average Bonchev–Trinajstić information content (AvgIpc) is 2.89. The van der Waals surface area contributed by atoms with Gasteiger partial charge in [-0.15, -0.1) is 0 Å². The molecule has 0 saturated heterocycles. The number of nitriles is 1. The van der Waals surface area contributed by atoms with Gasteiger partial charge >= 0.3 is 0 Å². The Kier molecular flexibility index (Phi) is 5.13. The van der Waals surface area contributed by atoms with E-state index in [4.69, 9.17) is 0 Å². The first-order valence-corrected chi connectivity index (χ1v) is 8.51. The Balaban J connectivity index is 1.99. The van der Waals surface area contributed by atoms with Gasteiger partial charge in [0.2, 0.25) is 0 Å². The Bertz CT molecular complexity index is 343. The fourth-order valence-corrected chi connectivity index (χ4v) is 4.31. The molecule has 2 nitrogen and oxygen atoms in total. The molecule has 0 amide bonds. The van der Waals surface area contributed by atoms with E-state index in [-0.39, 0.29) is 5.92 Å². The van der Waals surface area contributed by atoms with Gasteiger partial charge in [0.15, 0.2) is 0 Å². The second kappa shape index (κ2) is 6.48. The van der Waals surface area contributed by atoms with Crippen molar-refractivity contribution in [2.24, 2.45) is 23.2 Å². The second-order valence-corrected chi connectivity index (χ2v) is 8.27. The zero-order chi connectivity index (χ0) is 14.8. The lowest BCUT2D eigenvalue weighted by atomic mass is 9.68. The molecule has 2 rings (SSSR count). The fraction of sp³-hybridized carbons (Fsp3) is 0.944. The van der Waals surface area contributed by atoms with E-state index < -0.39 is 0 Å². The first-order chi connectivity index (χ1) is 9.41. The quantitative estimate of drug-likeness (QED) is 0.761. The number of rotatable bonds is 3. The highest BCUT2D eigenvalue weighted by molar-refractivity contribution is 4.99. The molecule has 2 saturated carbocycles. The molecule has 3 unspecified atom stereocenters. The van der Waals surface area contributed by atoms with Gasteiger partial charge in [-0.25, -0.2) is 0 Å². The third-order valence-electron chi connectivity index (χ3n) is 5.79. The molecule has 0 aromatic heterocycles. The molecule has 0 aromatic rings. The van der Waals surface area contributed by atoms with Crippen LogP contribution in [0.15, 0.2) is 0 Å². The van der Waals surface area contributed by atoms with Crippen LogP contribution in [0, 0.1) is 34.5 Å². The van der Waals surface area contributed by atoms with Crippen LogP contribution in [0.2, 0.25) is 0 Å². The lowest BCUT2D eigenvalue weighted by Crippen LogP contribution is -2.45. The zero-order valence-electron chi connectivity index (χ0n) is 13.9. The van der Waals surface area contributed by atoms with Crippen molar-refractivity contribution in [3.05, 3.63) is 0 Å². The summed E-state index contributed by atoms with van der Waals surface area (Å²) in [5, 5.41) is 9.48. The van der Waals surface area contributed by atoms with Crippen LogP contribution in [-0.4, -0.2) is 24.5 Å². The first-order valence-electron chi connectivity index (χ1n) is 8.51. The van der Waals surface area contributed by atoms with E-state index in [0.717, 1.165) is 18.3 Å². The van der Waals surface area contributed by atoms with Crippen molar-refractivity contribution >= 4 is 0 Å². The third kappa shape index (κ3) is 3.76. The van der Waals surface area contributed by atoms with Crippen LogP contribution in [0.1, 0.15) is 65.7 Å². The van der Waals surface area contributed by atoms with Gasteiger partial charge in [0, 0.05) is 12.6 Å². The average molecular weight is 276 g/mol. The maximum Gasteiger partial charge on any atom is 0.0672 e. The third-order valence-corrected chi connectivity index (χ3v) is 5.79. The van der Waals surface area contributed by atoms with Crippen LogP contribution in [0.5, 0.6) is 0 Å². The number of nitrogens with zero attached hydrogens (tertiary/aromatic N) is 2. The standard InChI is InChI=1S/C18H32N2/c1-18(2,3)16-10-9-15(12-19)17(11-16)20(4)13-14-7-5-6-8-14/h14-17H,5-11,13H2,1-4H3.